The van der Waals surface area contributed by atoms with Gasteiger partial charge in [0.05, 0.1) is 20.6 Å². The summed E-state index contributed by atoms with van der Waals surface area (Å²) in [5.41, 5.74) is 2.84. The highest BCUT2D eigenvalue weighted by Crippen LogP contribution is 2.28. The molecule has 100 valence electrons. The molecule has 0 bridgehead atoms. The number of quaternary nitrogens is 1. The van der Waals surface area contributed by atoms with Gasteiger partial charge in [-0.2, -0.15) is 0 Å². The van der Waals surface area contributed by atoms with E-state index in [0.29, 0.717) is 6.04 Å². The Morgan fingerprint density at radius 3 is 1.89 bits per heavy atom. The summed E-state index contributed by atoms with van der Waals surface area (Å²) < 4.78 is 1.01. The van der Waals surface area contributed by atoms with Crippen LogP contribution >= 0.6 is 0 Å². The van der Waals surface area contributed by atoms with E-state index in [9.17, 15) is 0 Å². The van der Waals surface area contributed by atoms with Gasteiger partial charge in [-0.3, -0.25) is 0 Å². The third-order valence-electron chi connectivity index (χ3n) is 4.11. The Bertz CT molecular complexity index is 488. The second-order valence-electron chi connectivity index (χ2n) is 5.71. The number of likely N-dealkylation sites (N-methyl/N-ethyl adjacent to an activating group) is 1. The fraction of sp³-hybridized carbons (Fsp3) is 0.333. The van der Waals surface area contributed by atoms with Crippen molar-refractivity contribution in [3.63, 3.8) is 0 Å². The van der Waals surface area contributed by atoms with Crippen molar-refractivity contribution in [3.8, 4) is 0 Å². The summed E-state index contributed by atoms with van der Waals surface area (Å²) in [5, 5.41) is 0. The van der Waals surface area contributed by atoms with Gasteiger partial charge in [-0.1, -0.05) is 60.7 Å². The normalized spacial score (nSPS) is 13.2. The van der Waals surface area contributed by atoms with Crippen molar-refractivity contribution in [1.82, 2.24) is 0 Å². The highest BCUT2D eigenvalue weighted by Gasteiger charge is 2.28. The number of rotatable bonds is 5. The van der Waals surface area contributed by atoms with Crippen LogP contribution in [0.2, 0.25) is 0 Å². The number of nitrogens with zero attached hydrogens (tertiary/aromatic N) is 1. The van der Waals surface area contributed by atoms with Crippen LogP contribution in [0.5, 0.6) is 0 Å². The molecule has 19 heavy (non-hydrogen) atoms. The molecule has 1 unspecified atom stereocenters. The molecule has 2 rings (SSSR count). The summed E-state index contributed by atoms with van der Waals surface area (Å²) in [4.78, 5) is 0. The van der Waals surface area contributed by atoms with Crippen molar-refractivity contribution in [3.05, 3.63) is 71.8 Å². The van der Waals surface area contributed by atoms with Gasteiger partial charge in [-0.15, -0.1) is 0 Å². The largest absolute Gasteiger partial charge is 0.322 e. The number of hydrogen-bond donors (Lipinski definition) is 0. The molecule has 1 nitrogen and oxygen atoms in total. The van der Waals surface area contributed by atoms with Crippen LogP contribution in [0, 0.1) is 0 Å². The number of hydrogen-bond acceptors (Lipinski definition) is 0. The van der Waals surface area contributed by atoms with Crippen LogP contribution in [0.1, 0.15) is 24.1 Å². The second kappa shape index (κ2) is 6.03. The van der Waals surface area contributed by atoms with E-state index in [1.54, 1.807) is 0 Å². The Morgan fingerprint density at radius 2 is 1.37 bits per heavy atom. The van der Waals surface area contributed by atoms with Gasteiger partial charge in [-0.05, 0) is 12.5 Å². The lowest BCUT2D eigenvalue weighted by Gasteiger charge is -2.37. The van der Waals surface area contributed by atoms with Crippen molar-refractivity contribution in [1.29, 1.82) is 0 Å². The number of benzene rings is 2. The summed E-state index contributed by atoms with van der Waals surface area (Å²) in [6.07, 6.45) is 1.09. The predicted octanol–water partition coefficient (Wildman–Crippen LogP) is 4.07. The zero-order chi connectivity index (χ0) is 13.7. The molecule has 0 aliphatic carbocycles. The van der Waals surface area contributed by atoms with Crippen LogP contribution in [0.25, 0.3) is 0 Å². The van der Waals surface area contributed by atoms with Gasteiger partial charge in [0.25, 0.3) is 0 Å². The van der Waals surface area contributed by atoms with Gasteiger partial charge in [0.2, 0.25) is 0 Å². The Labute approximate surface area is 117 Å². The summed E-state index contributed by atoms with van der Waals surface area (Å²) in [6.45, 7) is 3.40. The molecule has 1 atom stereocenters. The fourth-order valence-electron chi connectivity index (χ4n) is 2.50. The average molecular weight is 254 g/mol. The maximum absolute atomic E-state index is 2.32. The Morgan fingerprint density at radius 1 is 0.842 bits per heavy atom. The van der Waals surface area contributed by atoms with Crippen LogP contribution < -0.4 is 0 Å². The van der Waals surface area contributed by atoms with Gasteiger partial charge in [-0.25, -0.2) is 0 Å². The van der Waals surface area contributed by atoms with Crippen LogP contribution in [0.4, 0.5) is 0 Å². The quantitative estimate of drug-likeness (QED) is 0.706. The average Bonchev–Trinajstić information content (AvgIpc) is 2.46. The molecule has 0 radical (unpaired) electrons. The van der Waals surface area contributed by atoms with Crippen LogP contribution in [-0.4, -0.2) is 25.1 Å². The molecule has 0 amide bonds. The molecule has 2 aromatic carbocycles. The van der Waals surface area contributed by atoms with Crippen LogP contribution in [0.3, 0.4) is 0 Å². The Hall–Kier alpha value is -1.60. The molecule has 0 saturated heterocycles. The molecule has 0 aromatic heterocycles. The summed E-state index contributed by atoms with van der Waals surface area (Å²) in [5.74, 6) is 0. The van der Waals surface area contributed by atoms with Gasteiger partial charge < -0.3 is 4.48 Å². The first-order valence-corrected chi connectivity index (χ1v) is 7.05. The van der Waals surface area contributed by atoms with Crippen molar-refractivity contribution in [2.24, 2.45) is 0 Å². The Balaban J connectivity index is 2.31. The second-order valence-corrected chi connectivity index (χ2v) is 5.71. The smallest absolute Gasteiger partial charge is 0.118 e. The minimum atomic E-state index is 0.508. The lowest BCUT2D eigenvalue weighted by Crippen LogP contribution is -2.43. The van der Waals surface area contributed by atoms with E-state index >= 15 is 0 Å². The summed E-state index contributed by atoms with van der Waals surface area (Å²) in [7, 11) is 4.64. The molecule has 2 aromatic rings. The van der Waals surface area contributed by atoms with E-state index in [4.69, 9.17) is 0 Å². The van der Waals surface area contributed by atoms with E-state index in [1.165, 1.54) is 11.1 Å². The molecule has 0 heterocycles. The summed E-state index contributed by atoms with van der Waals surface area (Å²) in [6, 6.07) is 22.2. The molecular weight excluding hydrogens is 230 g/mol. The maximum Gasteiger partial charge on any atom is 0.118 e. The first-order chi connectivity index (χ1) is 9.13. The molecular formula is C18H24N+. The lowest BCUT2D eigenvalue weighted by atomic mass is 9.96. The zero-order valence-corrected chi connectivity index (χ0v) is 12.2. The van der Waals surface area contributed by atoms with Crippen LogP contribution in [0.15, 0.2) is 60.7 Å². The third kappa shape index (κ3) is 3.45. The standard InChI is InChI=1S/C18H24N/c1-4-19(2,3)18(17-13-9-6-10-14-17)15-16-11-7-5-8-12-16/h5-14,18H,4,15H2,1-3H3/q+1. The molecule has 0 saturated carbocycles. The molecule has 0 N–H and O–H groups in total. The van der Waals surface area contributed by atoms with Gasteiger partial charge in [0.1, 0.15) is 6.04 Å². The molecule has 0 fully saturated rings. The zero-order valence-electron chi connectivity index (χ0n) is 12.2. The van der Waals surface area contributed by atoms with Gasteiger partial charge >= 0.3 is 0 Å². The minimum absolute atomic E-state index is 0.508. The van der Waals surface area contributed by atoms with E-state index < -0.39 is 0 Å². The third-order valence-corrected chi connectivity index (χ3v) is 4.11. The van der Waals surface area contributed by atoms with E-state index in [1.807, 2.05) is 0 Å². The monoisotopic (exact) mass is 254 g/mol. The predicted molar refractivity (Wildman–Crippen MR) is 82.0 cm³/mol. The lowest BCUT2D eigenvalue weighted by molar-refractivity contribution is -0.919. The van der Waals surface area contributed by atoms with E-state index in [2.05, 4.69) is 81.7 Å². The van der Waals surface area contributed by atoms with Crippen molar-refractivity contribution < 1.29 is 4.48 Å². The first-order valence-electron chi connectivity index (χ1n) is 7.05. The molecule has 0 spiro atoms. The van der Waals surface area contributed by atoms with Gasteiger partial charge in [0.15, 0.2) is 0 Å². The van der Waals surface area contributed by atoms with E-state index in [0.717, 1.165) is 17.4 Å². The molecule has 0 aliphatic rings. The van der Waals surface area contributed by atoms with Crippen molar-refractivity contribution >= 4 is 0 Å². The first kappa shape index (κ1) is 13.8. The van der Waals surface area contributed by atoms with Gasteiger partial charge in [0, 0.05) is 12.0 Å². The topological polar surface area (TPSA) is 0 Å². The fourth-order valence-corrected chi connectivity index (χ4v) is 2.50. The highest BCUT2D eigenvalue weighted by molar-refractivity contribution is 5.22. The highest BCUT2D eigenvalue weighted by atomic mass is 15.3. The van der Waals surface area contributed by atoms with Crippen molar-refractivity contribution in [2.75, 3.05) is 20.6 Å². The Kier molecular flexibility index (Phi) is 4.39. The van der Waals surface area contributed by atoms with Crippen LogP contribution in [-0.2, 0) is 6.42 Å². The molecule has 1 heteroatoms. The molecule has 0 aliphatic heterocycles. The maximum atomic E-state index is 2.32. The minimum Gasteiger partial charge on any atom is -0.322 e. The van der Waals surface area contributed by atoms with E-state index in [-0.39, 0.29) is 0 Å². The SMILES string of the molecule is CC[N+](C)(C)C(Cc1ccccc1)c1ccccc1. The summed E-state index contributed by atoms with van der Waals surface area (Å²) >= 11 is 0. The van der Waals surface area contributed by atoms with Crippen molar-refractivity contribution in [2.45, 2.75) is 19.4 Å².